The lowest BCUT2D eigenvalue weighted by Crippen LogP contribution is -2.38. The zero-order valence-corrected chi connectivity index (χ0v) is 13.1. The Balaban J connectivity index is 1.75. The Hall–Kier alpha value is -2.18. The van der Waals surface area contributed by atoms with Crippen LogP contribution >= 0.6 is 11.3 Å². The van der Waals surface area contributed by atoms with Crippen molar-refractivity contribution in [3.05, 3.63) is 52.7 Å². The maximum absolute atomic E-state index is 12.1. The van der Waals surface area contributed by atoms with Gasteiger partial charge >= 0.3 is 0 Å². The molecule has 1 unspecified atom stereocenters. The van der Waals surface area contributed by atoms with Gasteiger partial charge in [-0.05, 0) is 31.4 Å². The second-order valence-electron chi connectivity index (χ2n) is 5.40. The van der Waals surface area contributed by atoms with E-state index in [1.807, 2.05) is 30.3 Å². The SMILES string of the molecule is Cc1oncc1C(=O)NCC(C)(O)c1cc2ccccc2s1. The number of thiophene rings is 1. The molecule has 5 nitrogen and oxygen atoms in total. The first-order valence-corrected chi connectivity index (χ1v) is 7.70. The lowest BCUT2D eigenvalue weighted by molar-refractivity contribution is 0.0557. The van der Waals surface area contributed by atoms with Gasteiger partial charge in [0.2, 0.25) is 0 Å². The third kappa shape index (κ3) is 2.75. The van der Waals surface area contributed by atoms with E-state index in [2.05, 4.69) is 10.5 Å². The minimum Gasteiger partial charge on any atom is -0.383 e. The number of hydrogen-bond acceptors (Lipinski definition) is 5. The van der Waals surface area contributed by atoms with E-state index in [9.17, 15) is 9.90 Å². The Morgan fingerprint density at radius 3 is 2.91 bits per heavy atom. The molecule has 2 N–H and O–H groups in total. The van der Waals surface area contributed by atoms with Crippen LogP contribution in [0.15, 0.2) is 41.1 Å². The van der Waals surface area contributed by atoms with E-state index in [0.29, 0.717) is 11.3 Å². The summed E-state index contributed by atoms with van der Waals surface area (Å²) in [4.78, 5) is 12.9. The summed E-state index contributed by atoms with van der Waals surface area (Å²) in [7, 11) is 0. The van der Waals surface area contributed by atoms with Crippen molar-refractivity contribution >= 4 is 27.3 Å². The standard InChI is InChI=1S/C16H16N2O3S/c1-10-12(8-18-21-10)15(19)17-9-16(2,20)14-7-11-5-3-4-6-13(11)22-14/h3-8,20H,9H2,1-2H3,(H,17,19). The number of aromatic nitrogens is 1. The minimum atomic E-state index is -1.13. The molecule has 0 fully saturated rings. The van der Waals surface area contributed by atoms with Crippen molar-refractivity contribution in [3.8, 4) is 0 Å². The van der Waals surface area contributed by atoms with Gasteiger partial charge in [-0.15, -0.1) is 11.3 Å². The van der Waals surface area contributed by atoms with Crippen LogP contribution in [0.2, 0.25) is 0 Å². The number of rotatable bonds is 4. The van der Waals surface area contributed by atoms with Crippen LogP contribution in [0.5, 0.6) is 0 Å². The largest absolute Gasteiger partial charge is 0.383 e. The normalized spacial score (nSPS) is 14.0. The Labute approximate surface area is 131 Å². The van der Waals surface area contributed by atoms with Crippen molar-refractivity contribution in [2.75, 3.05) is 6.54 Å². The molecule has 6 heteroatoms. The number of carbonyl (C=O) groups is 1. The molecule has 0 saturated heterocycles. The maximum Gasteiger partial charge on any atom is 0.256 e. The molecule has 2 heterocycles. The molecule has 3 aromatic rings. The van der Waals surface area contributed by atoms with Crippen LogP contribution in [0.1, 0.15) is 27.9 Å². The average Bonchev–Trinajstić information content (AvgIpc) is 3.11. The van der Waals surface area contributed by atoms with Crippen LogP contribution in [-0.2, 0) is 5.60 Å². The molecular weight excluding hydrogens is 300 g/mol. The fraction of sp³-hybridized carbons (Fsp3) is 0.250. The second-order valence-corrected chi connectivity index (χ2v) is 6.48. The molecule has 3 rings (SSSR count). The number of nitrogens with zero attached hydrogens (tertiary/aromatic N) is 1. The number of hydrogen-bond donors (Lipinski definition) is 2. The summed E-state index contributed by atoms with van der Waals surface area (Å²) < 4.78 is 5.98. The highest BCUT2D eigenvalue weighted by molar-refractivity contribution is 7.19. The zero-order chi connectivity index (χ0) is 15.7. The summed E-state index contributed by atoms with van der Waals surface area (Å²) in [5.41, 5.74) is -0.753. The Bertz CT molecular complexity index is 787. The summed E-state index contributed by atoms with van der Waals surface area (Å²) in [6.45, 7) is 3.48. The number of benzene rings is 1. The van der Waals surface area contributed by atoms with Crippen molar-refractivity contribution in [1.29, 1.82) is 0 Å². The first-order chi connectivity index (χ1) is 10.5. The van der Waals surface area contributed by atoms with E-state index < -0.39 is 5.60 Å². The average molecular weight is 316 g/mol. The van der Waals surface area contributed by atoms with E-state index >= 15 is 0 Å². The summed E-state index contributed by atoms with van der Waals surface area (Å²) in [6.07, 6.45) is 1.37. The first-order valence-electron chi connectivity index (χ1n) is 6.88. The lowest BCUT2D eigenvalue weighted by atomic mass is 10.0. The predicted molar refractivity (Wildman–Crippen MR) is 85.0 cm³/mol. The molecule has 1 aromatic carbocycles. The highest BCUT2D eigenvalue weighted by atomic mass is 32.1. The third-order valence-electron chi connectivity index (χ3n) is 3.54. The van der Waals surface area contributed by atoms with Crippen molar-refractivity contribution in [2.45, 2.75) is 19.4 Å². The number of fused-ring (bicyclic) bond motifs is 1. The van der Waals surface area contributed by atoms with Gasteiger partial charge in [0.15, 0.2) is 0 Å². The van der Waals surface area contributed by atoms with Crippen molar-refractivity contribution < 1.29 is 14.4 Å². The predicted octanol–water partition coefficient (Wildman–Crippen LogP) is 2.84. The molecule has 0 radical (unpaired) electrons. The molecule has 114 valence electrons. The molecule has 2 aromatic heterocycles. The van der Waals surface area contributed by atoms with Crippen LogP contribution in [-0.4, -0.2) is 22.7 Å². The van der Waals surface area contributed by atoms with Crippen LogP contribution < -0.4 is 5.32 Å². The fourth-order valence-electron chi connectivity index (χ4n) is 2.20. The molecule has 1 amide bonds. The van der Waals surface area contributed by atoms with Gasteiger partial charge in [-0.2, -0.15) is 0 Å². The maximum atomic E-state index is 12.1. The molecule has 0 spiro atoms. The van der Waals surface area contributed by atoms with Gasteiger partial charge in [0, 0.05) is 9.58 Å². The molecule has 0 aliphatic rings. The molecule has 0 aliphatic carbocycles. The number of amides is 1. The summed E-state index contributed by atoms with van der Waals surface area (Å²) in [5, 5.41) is 18.1. The van der Waals surface area contributed by atoms with E-state index in [-0.39, 0.29) is 12.5 Å². The van der Waals surface area contributed by atoms with Gasteiger partial charge in [-0.3, -0.25) is 4.79 Å². The highest BCUT2D eigenvalue weighted by Gasteiger charge is 2.27. The molecule has 0 bridgehead atoms. The number of carbonyl (C=O) groups excluding carboxylic acids is 1. The minimum absolute atomic E-state index is 0.114. The number of aliphatic hydroxyl groups is 1. The Kier molecular flexibility index (Phi) is 3.72. The van der Waals surface area contributed by atoms with Gasteiger partial charge in [-0.1, -0.05) is 23.4 Å². The summed E-state index contributed by atoms with van der Waals surface area (Å²) in [6, 6.07) is 9.90. The van der Waals surface area contributed by atoms with Crippen molar-refractivity contribution in [1.82, 2.24) is 10.5 Å². The van der Waals surface area contributed by atoms with Crippen LogP contribution in [0.3, 0.4) is 0 Å². The molecular formula is C16H16N2O3S. The van der Waals surface area contributed by atoms with Gasteiger partial charge in [0.1, 0.15) is 16.9 Å². The number of nitrogens with one attached hydrogen (secondary N) is 1. The fourth-order valence-corrected chi connectivity index (χ4v) is 3.31. The topological polar surface area (TPSA) is 75.4 Å². The Morgan fingerprint density at radius 1 is 1.45 bits per heavy atom. The lowest BCUT2D eigenvalue weighted by Gasteiger charge is -2.22. The quantitative estimate of drug-likeness (QED) is 0.776. The molecule has 0 aliphatic heterocycles. The molecule has 1 atom stereocenters. The van der Waals surface area contributed by atoms with Crippen LogP contribution in [0.25, 0.3) is 10.1 Å². The number of aryl methyl sites for hydroxylation is 1. The van der Waals surface area contributed by atoms with Crippen LogP contribution in [0, 0.1) is 6.92 Å². The first kappa shape index (κ1) is 14.7. The van der Waals surface area contributed by atoms with E-state index in [1.165, 1.54) is 17.5 Å². The summed E-state index contributed by atoms with van der Waals surface area (Å²) in [5.74, 6) is 0.152. The van der Waals surface area contributed by atoms with Crippen molar-refractivity contribution in [3.63, 3.8) is 0 Å². The van der Waals surface area contributed by atoms with Crippen LogP contribution in [0.4, 0.5) is 0 Å². The van der Waals surface area contributed by atoms with Gasteiger partial charge in [0.05, 0.1) is 12.7 Å². The van der Waals surface area contributed by atoms with Gasteiger partial charge in [-0.25, -0.2) is 0 Å². The highest BCUT2D eigenvalue weighted by Crippen LogP contribution is 2.32. The second kappa shape index (κ2) is 5.55. The zero-order valence-electron chi connectivity index (χ0n) is 12.3. The van der Waals surface area contributed by atoms with E-state index in [0.717, 1.165) is 15.0 Å². The van der Waals surface area contributed by atoms with E-state index in [1.54, 1.807) is 13.8 Å². The molecule has 22 heavy (non-hydrogen) atoms. The smallest absolute Gasteiger partial charge is 0.256 e. The van der Waals surface area contributed by atoms with Crippen molar-refractivity contribution in [2.24, 2.45) is 0 Å². The van der Waals surface area contributed by atoms with Gasteiger partial charge < -0.3 is 14.9 Å². The van der Waals surface area contributed by atoms with Gasteiger partial charge in [0.25, 0.3) is 5.91 Å². The third-order valence-corrected chi connectivity index (χ3v) is 4.91. The summed E-state index contributed by atoms with van der Waals surface area (Å²) >= 11 is 1.52. The van der Waals surface area contributed by atoms with E-state index in [4.69, 9.17) is 4.52 Å². The Morgan fingerprint density at radius 2 is 2.23 bits per heavy atom. The monoisotopic (exact) mass is 316 g/mol. The molecule has 0 saturated carbocycles.